The van der Waals surface area contributed by atoms with E-state index in [1.807, 2.05) is 13.0 Å². The lowest BCUT2D eigenvalue weighted by atomic mass is 9.84. The summed E-state index contributed by atoms with van der Waals surface area (Å²) in [4.78, 5) is 20.3. The van der Waals surface area contributed by atoms with Crippen LogP contribution in [-0.2, 0) is 4.79 Å². The van der Waals surface area contributed by atoms with Gasteiger partial charge in [0.05, 0.1) is 0 Å². The first-order chi connectivity index (χ1) is 9.69. The highest BCUT2D eigenvalue weighted by molar-refractivity contribution is 7.99. The molecule has 2 unspecified atom stereocenters. The van der Waals surface area contributed by atoms with Crippen LogP contribution in [0.3, 0.4) is 0 Å². The summed E-state index contributed by atoms with van der Waals surface area (Å²) < 4.78 is 0. The Morgan fingerprint density at radius 1 is 1.55 bits per heavy atom. The monoisotopic (exact) mass is 294 g/mol. The summed E-state index contributed by atoms with van der Waals surface area (Å²) in [5.74, 6) is 1.02. The molecule has 1 aliphatic rings. The van der Waals surface area contributed by atoms with E-state index >= 15 is 0 Å². The lowest BCUT2D eigenvalue weighted by molar-refractivity contribution is -0.125. The minimum atomic E-state index is -0.507. The van der Waals surface area contributed by atoms with E-state index < -0.39 is 5.54 Å². The number of likely N-dealkylation sites (N-methyl/N-ethyl adjacent to an activating group) is 1. The van der Waals surface area contributed by atoms with Crippen molar-refractivity contribution in [3.05, 3.63) is 18.5 Å². The number of nitrogens with one attached hydrogen (secondary N) is 1. The predicted molar refractivity (Wildman–Crippen MR) is 80.3 cm³/mol. The highest BCUT2D eigenvalue weighted by atomic mass is 32.2. The number of nitrogens with zero attached hydrogens (tertiary/aromatic N) is 2. The van der Waals surface area contributed by atoms with Gasteiger partial charge in [0.1, 0.15) is 5.54 Å². The fourth-order valence-corrected chi connectivity index (χ4v) is 3.94. The number of primary amides is 1. The van der Waals surface area contributed by atoms with Crippen molar-refractivity contribution < 1.29 is 4.79 Å². The fourth-order valence-electron chi connectivity index (χ4n) is 3.08. The van der Waals surface area contributed by atoms with Crippen molar-refractivity contribution in [2.24, 2.45) is 11.7 Å². The van der Waals surface area contributed by atoms with Crippen LogP contribution in [0.4, 0.5) is 0 Å². The smallest absolute Gasteiger partial charge is 0.238 e. The van der Waals surface area contributed by atoms with Gasteiger partial charge in [-0.05, 0) is 37.8 Å². The van der Waals surface area contributed by atoms with Crippen LogP contribution in [0.2, 0.25) is 0 Å². The standard InChI is InChI=1S/C14H22N4OS/c1-2-18-14(12(15)19)7-3-5-11(14)6-10-20-13-16-8-4-9-17-13/h4,8-9,11,18H,2-3,5-7,10H2,1H3,(H2,15,19). The van der Waals surface area contributed by atoms with E-state index in [9.17, 15) is 4.79 Å². The fraction of sp³-hybridized carbons (Fsp3) is 0.643. The number of hydrogen-bond donors (Lipinski definition) is 2. The Balaban J connectivity index is 1.92. The summed E-state index contributed by atoms with van der Waals surface area (Å²) in [6, 6.07) is 1.81. The normalized spacial score (nSPS) is 25.8. The van der Waals surface area contributed by atoms with Gasteiger partial charge in [-0.1, -0.05) is 25.1 Å². The number of aromatic nitrogens is 2. The molecule has 0 bridgehead atoms. The molecular formula is C14H22N4OS. The molecule has 20 heavy (non-hydrogen) atoms. The van der Waals surface area contributed by atoms with Crippen LogP contribution >= 0.6 is 11.8 Å². The van der Waals surface area contributed by atoms with Crippen LogP contribution in [0.5, 0.6) is 0 Å². The van der Waals surface area contributed by atoms with E-state index in [2.05, 4.69) is 15.3 Å². The van der Waals surface area contributed by atoms with Crippen LogP contribution < -0.4 is 11.1 Å². The van der Waals surface area contributed by atoms with Gasteiger partial charge in [-0.15, -0.1) is 0 Å². The third kappa shape index (κ3) is 3.30. The minimum absolute atomic E-state index is 0.206. The Labute approximate surface area is 124 Å². The maximum atomic E-state index is 11.9. The van der Waals surface area contributed by atoms with E-state index in [-0.39, 0.29) is 5.91 Å². The molecule has 110 valence electrons. The predicted octanol–water partition coefficient (Wildman–Crippen LogP) is 1.59. The van der Waals surface area contributed by atoms with Gasteiger partial charge in [0, 0.05) is 18.1 Å². The second kappa shape index (κ2) is 7.04. The zero-order chi connectivity index (χ0) is 14.4. The van der Waals surface area contributed by atoms with Crippen LogP contribution in [0.1, 0.15) is 32.6 Å². The lowest BCUT2D eigenvalue weighted by Crippen LogP contribution is -2.57. The Kier molecular flexibility index (Phi) is 5.37. The molecule has 2 atom stereocenters. The van der Waals surface area contributed by atoms with E-state index in [1.165, 1.54) is 0 Å². The number of rotatable bonds is 7. The first-order valence-electron chi connectivity index (χ1n) is 7.14. The van der Waals surface area contributed by atoms with Gasteiger partial charge < -0.3 is 11.1 Å². The van der Waals surface area contributed by atoms with Crippen molar-refractivity contribution in [1.82, 2.24) is 15.3 Å². The van der Waals surface area contributed by atoms with Gasteiger partial charge in [-0.2, -0.15) is 0 Å². The van der Waals surface area contributed by atoms with Crippen LogP contribution in [0, 0.1) is 5.92 Å². The first kappa shape index (κ1) is 15.3. The molecule has 1 heterocycles. The zero-order valence-corrected chi connectivity index (χ0v) is 12.7. The quantitative estimate of drug-likeness (QED) is 0.589. The lowest BCUT2D eigenvalue weighted by Gasteiger charge is -2.33. The number of thioether (sulfide) groups is 1. The Morgan fingerprint density at radius 2 is 2.30 bits per heavy atom. The SMILES string of the molecule is CCNC1(C(N)=O)CCCC1CCSc1ncccn1. The third-order valence-corrected chi connectivity index (χ3v) is 4.90. The number of carbonyl (C=O) groups excluding carboxylic acids is 1. The summed E-state index contributed by atoms with van der Waals surface area (Å²) >= 11 is 1.64. The molecule has 3 N–H and O–H groups in total. The maximum Gasteiger partial charge on any atom is 0.238 e. The average Bonchev–Trinajstić information content (AvgIpc) is 2.85. The van der Waals surface area contributed by atoms with Gasteiger partial charge in [0.2, 0.25) is 5.91 Å². The van der Waals surface area contributed by atoms with Gasteiger partial charge in [0.15, 0.2) is 5.16 Å². The number of carbonyl (C=O) groups is 1. The molecule has 6 heteroatoms. The molecule has 1 saturated carbocycles. The summed E-state index contributed by atoms with van der Waals surface area (Å²) in [6.07, 6.45) is 7.43. The summed E-state index contributed by atoms with van der Waals surface area (Å²) in [5, 5.41) is 4.13. The van der Waals surface area contributed by atoms with Gasteiger partial charge in [-0.3, -0.25) is 4.79 Å². The second-order valence-electron chi connectivity index (χ2n) is 5.12. The molecule has 0 aromatic carbocycles. The molecular weight excluding hydrogens is 272 g/mol. The molecule has 5 nitrogen and oxygen atoms in total. The van der Waals surface area contributed by atoms with Gasteiger partial charge in [-0.25, -0.2) is 9.97 Å². The Morgan fingerprint density at radius 3 is 2.95 bits per heavy atom. The topological polar surface area (TPSA) is 80.9 Å². The first-order valence-corrected chi connectivity index (χ1v) is 8.12. The molecule has 1 amide bonds. The van der Waals surface area contributed by atoms with Crippen molar-refractivity contribution in [1.29, 1.82) is 0 Å². The zero-order valence-electron chi connectivity index (χ0n) is 11.8. The Bertz CT molecular complexity index is 442. The summed E-state index contributed by atoms with van der Waals surface area (Å²) in [7, 11) is 0. The van der Waals surface area contributed by atoms with Crippen molar-refractivity contribution >= 4 is 17.7 Å². The van der Waals surface area contributed by atoms with Crippen LogP contribution in [0.25, 0.3) is 0 Å². The molecule has 1 aliphatic carbocycles. The summed E-state index contributed by atoms with van der Waals surface area (Å²) in [5.41, 5.74) is 5.15. The largest absolute Gasteiger partial charge is 0.368 e. The molecule has 2 rings (SSSR count). The maximum absolute atomic E-state index is 11.9. The Hall–Kier alpha value is -1.14. The van der Waals surface area contributed by atoms with E-state index in [0.29, 0.717) is 5.92 Å². The highest BCUT2D eigenvalue weighted by Gasteiger charge is 2.46. The summed E-state index contributed by atoms with van der Waals surface area (Å²) in [6.45, 7) is 2.79. The van der Waals surface area contributed by atoms with Crippen molar-refractivity contribution in [3.63, 3.8) is 0 Å². The molecule has 0 aliphatic heterocycles. The van der Waals surface area contributed by atoms with Crippen molar-refractivity contribution in [2.75, 3.05) is 12.3 Å². The van der Waals surface area contributed by atoms with Crippen LogP contribution in [0.15, 0.2) is 23.6 Å². The molecule has 0 radical (unpaired) electrons. The minimum Gasteiger partial charge on any atom is -0.368 e. The van der Waals surface area contributed by atoms with Gasteiger partial charge >= 0.3 is 0 Å². The highest BCUT2D eigenvalue weighted by Crippen LogP contribution is 2.38. The van der Waals surface area contributed by atoms with Gasteiger partial charge in [0.25, 0.3) is 0 Å². The molecule has 1 aromatic rings. The number of nitrogens with two attached hydrogens (primary N) is 1. The average molecular weight is 294 g/mol. The van der Waals surface area contributed by atoms with E-state index in [0.717, 1.165) is 43.1 Å². The molecule has 0 saturated heterocycles. The van der Waals surface area contributed by atoms with E-state index in [4.69, 9.17) is 5.73 Å². The van der Waals surface area contributed by atoms with E-state index in [1.54, 1.807) is 24.2 Å². The number of hydrogen-bond acceptors (Lipinski definition) is 5. The second-order valence-corrected chi connectivity index (χ2v) is 6.19. The van der Waals surface area contributed by atoms with Crippen molar-refractivity contribution in [3.8, 4) is 0 Å². The molecule has 0 spiro atoms. The molecule has 1 fully saturated rings. The number of amides is 1. The van der Waals surface area contributed by atoms with Crippen LogP contribution in [-0.4, -0.2) is 33.7 Å². The molecule has 1 aromatic heterocycles. The van der Waals surface area contributed by atoms with Crippen molar-refractivity contribution in [2.45, 2.75) is 43.3 Å². The third-order valence-electron chi connectivity index (χ3n) is 3.99.